The molecular weight excluding hydrogens is 464 g/mol. The predicted molar refractivity (Wildman–Crippen MR) is 152 cm³/mol. The molecule has 5 rings (SSSR count). The quantitative estimate of drug-likeness (QED) is 0.298. The summed E-state index contributed by atoms with van der Waals surface area (Å²) < 4.78 is 2.04. The van der Waals surface area contributed by atoms with Gasteiger partial charge in [0.15, 0.2) is 0 Å². The standard InChI is InChI=1S/C27H30N10/c1(17-32-35-26-28-13-3-14-29-26)5-21-7-10-23(11-8-21)24-20-37-19-22(9-12-25(37)34-24)6-2-18-33-36-27-30-15-4-16-31-27/h1-2,5-12,17-20H,3-4,13-16H2,(H2,28,29,35)(H2,30,31,36)/b5-1+,6-2+,32-17+,33-18+. The van der Waals surface area contributed by atoms with Crippen molar-refractivity contribution in [1.29, 1.82) is 0 Å². The third kappa shape index (κ3) is 6.91. The Morgan fingerprint density at radius 1 is 0.757 bits per heavy atom. The van der Waals surface area contributed by atoms with Crippen molar-refractivity contribution in [1.82, 2.24) is 30.9 Å². The minimum absolute atomic E-state index is 0.719. The highest BCUT2D eigenvalue weighted by molar-refractivity contribution is 5.84. The van der Waals surface area contributed by atoms with E-state index in [1.807, 2.05) is 47.0 Å². The van der Waals surface area contributed by atoms with Gasteiger partial charge in [0.05, 0.1) is 5.69 Å². The van der Waals surface area contributed by atoms with Gasteiger partial charge in [-0.1, -0.05) is 36.4 Å². The first kappa shape index (κ1) is 24.0. The van der Waals surface area contributed by atoms with Crippen LogP contribution in [0.1, 0.15) is 24.0 Å². The number of nitrogens with one attached hydrogen (secondary N) is 4. The van der Waals surface area contributed by atoms with Crippen LogP contribution in [0.25, 0.3) is 29.1 Å². The number of hydrazone groups is 2. The second-order valence-electron chi connectivity index (χ2n) is 8.50. The van der Waals surface area contributed by atoms with Crippen molar-refractivity contribution in [3.63, 3.8) is 0 Å². The summed E-state index contributed by atoms with van der Waals surface area (Å²) in [6, 6.07) is 12.3. The Morgan fingerprint density at radius 3 is 2.00 bits per heavy atom. The number of fused-ring (bicyclic) bond motifs is 1. The summed E-state index contributed by atoms with van der Waals surface area (Å²) in [5, 5.41) is 14.7. The van der Waals surface area contributed by atoms with Gasteiger partial charge in [-0.15, -0.1) is 0 Å². The fourth-order valence-electron chi connectivity index (χ4n) is 3.82. The van der Waals surface area contributed by atoms with Gasteiger partial charge >= 0.3 is 0 Å². The van der Waals surface area contributed by atoms with Crippen molar-refractivity contribution >= 4 is 42.1 Å². The van der Waals surface area contributed by atoms with Crippen LogP contribution >= 0.6 is 0 Å². The Morgan fingerprint density at radius 2 is 1.38 bits per heavy atom. The molecule has 0 radical (unpaired) electrons. The van der Waals surface area contributed by atoms with Gasteiger partial charge in [0.25, 0.3) is 0 Å². The lowest BCUT2D eigenvalue weighted by molar-refractivity contribution is 0.712. The highest BCUT2D eigenvalue weighted by Crippen LogP contribution is 2.21. The Balaban J connectivity index is 1.16. The van der Waals surface area contributed by atoms with Crippen LogP contribution in [-0.2, 0) is 0 Å². The zero-order valence-electron chi connectivity index (χ0n) is 20.5. The number of hydrogen-bond donors (Lipinski definition) is 4. The number of allylic oxidation sites excluding steroid dienone is 2. The van der Waals surface area contributed by atoms with Crippen LogP contribution in [0, 0.1) is 0 Å². The molecule has 188 valence electrons. The van der Waals surface area contributed by atoms with Gasteiger partial charge in [-0.05, 0) is 48.3 Å². The van der Waals surface area contributed by atoms with Gasteiger partial charge in [-0.25, -0.2) is 15.8 Å². The number of nitrogens with zero attached hydrogens (tertiary/aromatic N) is 6. The molecule has 0 saturated heterocycles. The molecule has 0 atom stereocenters. The van der Waals surface area contributed by atoms with Gasteiger partial charge in [-0.2, -0.15) is 10.2 Å². The number of rotatable bonds is 7. The second kappa shape index (κ2) is 12.3. The highest BCUT2D eigenvalue weighted by Gasteiger charge is 2.05. The van der Waals surface area contributed by atoms with Crippen molar-refractivity contribution in [3.05, 3.63) is 72.1 Å². The van der Waals surface area contributed by atoms with Gasteiger partial charge in [0.2, 0.25) is 11.9 Å². The monoisotopic (exact) mass is 494 g/mol. The van der Waals surface area contributed by atoms with Crippen LogP contribution in [0.3, 0.4) is 0 Å². The molecule has 4 heterocycles. The van der Waals surface area contributed by atoms with E-state index in [9.17, 15) is 0 Å². The maximum absolute atomic E-state index is 4.76. The van der Waals surface area contributed by atoms with Crippen molar-refractivity contribution in [3.8, 4) is 11.3 Å². The minimum atomic E-state index is 0.719. The molecule has 37 heavy (non-hydrogen) atoms. The Bertz CT molecular complexity index is 1380. The molecule has 0 spiro atoms. The van der Waals surface area contributed by atoms with Crippen molar-refractivity contribution < 1.29 is 0 Å². The smallest absolute Gasteiger partial charge is 0.212 e. The van der Waals surface area contributed by atoms with Gasteiger partial charge in [-0.3, -0.25) is 9.98 Å². The number of pyridine rings is 1. The maximum Gasteiger partial charge on any atom is 0.212 e. The van der Waals surface area contributed by atoms with Crippen LogP contribution in [0.5, 0.6) is 0 Å². The molecule has 2 aliphatic rings. The third-order valence-corrected chi connectivity index (χ3v) is 5.71. The molecule has 0 bridgehead atoms. The van der Waals surface area contributed by atoms with Crippen LogP contribution in [0.2, 0.25) is 0 Å². The summed E-state index contributed by atoms with van der Waals surface area (Å²) in [4.78, 5) is 13.4. The lowest BCUT2D eigenvalue weighted by Gasteiger charge is -2.12. The molecule has 2 aromatic heterocycles. The van der Waals surface area contributed by atoms with E-state index < -0.39 is 0 Å². The Hall–Kier alpha value is -4.73. The third-order valence-electron chi connectivity index (χ3n) is 5.71. The maximum atomic E-state index is 4.76. The average Bonchev–Trinajstić information content (AvgIpc) is 3.38. The van der Waals surface area contributed by atoms with E-state index in [0.29, 0.717) is 0 Å². The fourth-order valence-corrected chi connectivity index (χ4v) is 3.82. The predicted octanol–water partition coefficient (Wildman–Crippen LogP) is 2.88. The minimum Gasteiger partial charge on any atom is -0.355 e. The van der Waals surface area contributed by atoms with Crippen LogP contribution in [0.15, 0.2) is 81.1 Å². The van der Waals surface area contributed by atoms with E-state index in [1.165, 1.54) is 0 Å². The van der Waals surface area contributed by atoms with Crippen LogP contribution in [-0.4, -0.2) is 59.9 Å². The number of benzene rings is 1. The summed E-state index contributed by atoms with van der Waals surface area (Å²) in [5.74, 6) is 1.44. The molecule has 10 nitrogen and oxygen atoms in total. The van der Waals surface area contributed by atoms with Gasteiger partial charge in [0.1, 0.15) is 5.65 Å². The number of aliphatic imine (C=N–C) groups is 2. The lowest BCUT2D eigenvalue weighted by atomic mass is 10.1. The molecule has 0 amide bonds. The number of guanidine groups is 2. The Kier molecular flexibility index (Phi) is 7.97. The van der Waals surface area contributed by atoms with Gasteiger partial charge in [0, 0.05) is 56.6 Å². The molecular formula is C27H30N10. The Labute approximate surface area is 215 Å². The fraction of sp³-hybridized carbons (Fsp3) is 0.222. The van der Waals surface area contributed by atoms with E-state index in [2.05, 4.69) is 72.1 Å². The normalized spacial score (nSPS) is 16.3. The zero-order valence-corrected chi connectivity index (χ0v) is 20.5. The molecule has 4 N–H and O–H groups in total. The zero-order chi connectivity index (χ0) is 25.1. The lowest BCUT2D eigenvalue weighted by Crippen LogP contribution is -2.38. The van der Waals surface area contributed by atoms with E-state index in [1.54, 1.807) is 12.4 Å². The molecule has 10 heteroatoms. The molecule has 0 fully saturated rings. The second-order valence-corrected chi connectivity index (χ2v) is 8.50. The van der Waals surface area contributed by atoms with Crippen molar-refractivity contribution in [2.24, 2.45) is 20.2 Å². The first-order valence-corrected chi connectivity index (χ1v) is 12.4. The average molecular weight is 495 g/mol. The molecule has 0 unspecified atom stereocenters. The van der Waals surface area contributed by atoms with E-state index in [0.717, 1.165) is 79.0 Å². The highest BCUT2D eigenvalue weighted by atomic mass is 15.4. The van der Waals surface area contributed by atoms with Gasteiger partial charge < -0.3 is 15.0 Å². The molecule has 0 saturated carbocycles. The SMILES string of the molecule is C(=C\c1ccc(-c2cn3cc(/C=C/C=N/NC4=NCCCN4)ccc3n2)cc1)/C=N/NC1=NCCCN1. The first-order valence-electron chi connectivity index (χ1n) is 12.4. The topological polar surface area (TPSA) is 115 Å². The first-order chi connectivity index (χ1) is 18.3. The van der Waals surface area contributed by atoms with Crippen LogP contribution in [0.4, 0.5) is 0 Å². The van der Waals surface area contributed by atoms with E-state index >= 15 is 0 Å². The molecule has 2 aliphatic heterocycles. The number of aromatic nitrogens is 2. The van der Waals surface area contributed by atoms with E-state index in [-0.39, 0.29) is 0 Å². The number of hydrogen-bond acceptors (Lipinski definition) is 9. The van der Waals surface area contributed by atoms with E-state index in [4.69, 9.17) is 4.98 Å². The van der Waals surface area contributed by atoms with Crippen LogP contribution < -0.4 is 21.5 Å². The molecule has 0 aliphatic carbocycles. The largest absolute Gasteiger partial charge is 0.355 e. The van der Waals surface area contributed by atoms with Crippen molar-refractivity contribution in [2.45, 2.75) is 12.8 Å². The molecule has 3 aromatic rings. The summed E-state index contributed by atoms with van der Waals surface area (Å²) in [5.41, 5.74) is 10.8. The number of imidazole rings is 1. The summed E-state index contributed by atoms with van der Waals surface area (Å²) in [6.07, 6.45) is 17.4. The summed E-state index contributed by atoms with van der Waals surface area (Å²) in [6.45, 7) is 3.52. The van der Waals surface area contributed by atoms with Crippen molar-refractivity contribution in [2.75, 3.05) is 26.2 Å². The molecule has 1 aromatic carbocycles. The summed E-state index contributed by atoms with van der Waals surface area (Å²) >= 11 is 0. The summed E-state index contributed by atoms with van der Waals surface area (Å²) in [7, 11) is 0.